The fourth-order valence-electron chi connectivity index (χ4n) is 2.33. The van der Waals surface area contributed by atoms with Crippen LogP contribution in [0.15, 0.2) is 18.2 Å². The van der Waals surface area contributed by atoms with Crippen molar-refractivity contribution in [3.05, 3.63) is 29.3 Å². The molecule has 0 bridgehead atoms. The van der Waals surface area contributed by atoms with E-state index in [1.165, 1.54) is 6.07 Å². The fraction of sp³-hybridized carbons (Fsp3) is 0.429. The molecule has 0 aliphatic carbocycles. The summed E-state index contributed by atoms with van der Waals surface area (Å²) in [5.74, 6) is -0.689. The third-order valence-corrected chi connectivity index (χ3v) is 3.74. The second-order valence-corrected chi connectivity index (χ2v) is 5.42. The maximum atomic E-state index is 12.3. The van der Waals surface area contributed by atoms with Crippen LogP contribution in [0.2, 0.25) is 0 Å². The van der Waals surface area contributed by atoms with Gasteiger partial charge in [0.05, 0.1) is 11.0 Å². The number of aromatic hydroxyl groups is 1. The summed E-state index contributed by atoms with van der Waals surface area (Å²) in [6.45, 7) is 4.40. The minimum Gasteiger partial charge on any atom is -0.507 e. The standard InChI is InChI=1S/C14H18N2O3/c1-9-3-4-11(17)10(7-9)12(18)16-6-5-14(2,8-16)13(15)19/h3-4,7,17H,5-6,8H2,1-2H3,(H2,15,19). The summed E-state index contributed by atoms with van der Waals surface area (Å²) in [4.78, 5) is 25.3. The first-order chi connectivity index (χ1) is 8.83. The monoisotopic (exact) mass is 262 g/mol. The van der Waals surface area contributed by atoms with Crippen LogP contribution in [0.1, 0.15) is 29.3 Å². The van der Waals surface area contributed by atoms with Gasteiger partial charge in [-0.2, -0.15) is 0 Å². The van der Waals surface area contributed by atoms with Gasteiger partial charge in [-0.25, -0.2) is 0 Å². The Hall–Kier alpha value is -2.04. The Morgan fingerprint density at radius 3 is 2.68 bits per heavy atom. The van der Waals surface area contributed by atoms with E-state index < -0.39 is 11.3 Å². The van der Waals surface area contributed by atoms with E-state index in [0.717, 1.165) is 5.56 Å². The average Bonchev–Trinajstić information content (AvgIpc) is 2.76. The maximum absolute atomic E-state index is 12.3. The zero-order valence-corrected chi connectivity index (χ0v) is 11.1. The Balaban J connectivity index is 2.22. The molecule has 0 aromatic heterocycles. The van der Waals surface area contributed by atoms with E-state index in [4.69, 9.17) is 5.73 Å². The predicted octanol–water partition coefficient (Wildman–Crippen LogP) is 1.04. The topological polar surface area (TPSA) is 83.6 Å². The number of hydrogen-bond donors (Lipinski definition) is 2. The second-order valence-electron chi connectivity index (χ2n) is 5.42. The molecule has 1 saturated heterocycles. The molecule has 1 aromatic rings. The van der Waals surface area contributed by atoms with Crippen molar-refractivity contribution in [1.82, 2.24) is 4.90 Å². The number of aryl methyl sites for hydroxylation is 1. The average molecular weight is 262 g/mol. The van der Waals surface area contributed by atoms with Crippen LogP contribution in [-0.2, 0) is 4.79 Å². The number of carbonyl (C=O) groups excluding carboxylic acids is 2. The zero-order valence-electron chi connectivity index (χ0n) is 11.1. The van der Waals surface area contributed by atoms with Gasteiger partial charge in [0.25, 0.3) is 5.91 Å². The van der Waals surface area contributed by atoms with Gasteiger partial charge in [0.2, 0.25) is 5.91 Å². The Morgan fingerprint density at radius 2 is 2.11 bits per heavy atom. The number of amides is 2. The van der Waals surface area contributed by atoms with Gasteiger partial charge in [-0.3, -0.25) is 9.59 Å². The summed E-state index contributed by atoms with van der Waals surface area (Å²) in [7, 11) is 0. The van der Waals surface area contributed by atoms with Crippen LogP contribution in [0.5, 0.6) is 5.75 Å². The predicted molar refractivity (Wildman–Crippen MR) is 70.7 cm³/mol. The first kappa shape index (κ1) is 13.4. The molecule has 3 N–H and O–H groups in total. The van der Waals surface area contributed by atoms with Crippen molar-refractivity contribution in [3.63, 3.8) is 0 Å². The van der Waals surface area contributed by atoms with Gasteiger partial charge >= 0.3 is 0 Å². The lowest BCUT2D eigenvalue weighted by atomic mass is 9.89. The van der Waals surface area contributed by atoms with Crippen molar-refractivity contribution in [2.24, 2.45) is 11.1 Å². The van der Waals surface area contributed by atoms with Gasteiger partial charge in [-0.05, 0) is 32.4 Å². The van der Waals surface area contributed by atoms with Crippen LogP contribution in [0.3, 0.4) is 0 Å². The van der Waals surface area contributed by atoms with Gasteiger partial charge in [0.1, 0.15) is 5.75 Å². The zero-order chi connectivity index (χ0) is 14.2. The number of phenols is 1. The molecule has 2 rings (SSSR count). The molecule has 1 aliphatic heterocycles. The number of likely N-dealkylation sites (tertiary alicyclic amines) is 1. The van der Waals surface area contributed by atoms with E-state index in [0.29, 0.717) is 19.5 Å². The van der Waals surface area contributed by atoms with Crippen molar-refractivity contribution in [1.29, 1.82) is 0 Å². The summed E-state index contributed by atoms with van der Waals surface area (Å²) >= 11 is 0. The number of nitrogens with two attached hydrogens (primary N) is 1. The molecule has 2 amide bonds. The molecule has 1 aromatic carbocycles. The Labute approximate surface area is 112 Å². The highest BCUT2D eigenvalue weighted by molar-refractivity contribution is 5.97. The van der Waals surface area contributed by atoms with Crippen molar-refractivity contribution < 1.29 is 14.7 Å². The Morgan fingerprint density at radius 1 is 1.42 bits per heavy atom. The number of benzene rings is 1. The van der Waals surface area contributed by atoms with Gasteiger partial charge in [-0.15, -0.1) is 0 Å². The summed E-state index contributed by atoms with van der Waals surface area (Å²) < 4.78 is 0. The number of phenolic OH excluding ortho intramolecular Hbond substituents is 1. The normalized spacial score (nSPS) is 22.5. The van der Waals surface area contributed by atoms with E-state index in [1.807, 2.05) is 6.92 Å². The maximum Gasteiger partial charge on any atom is 0.257 e. The summed E-state index contributed by atoms with van der Waals surface area (Å²) in [5.41, 5.74) is 5.86. The third-order valence-electron chi connectivity index (χ3n) is 3.74. The highest BCUT2D eigenvalue weighted by Crippen LogP contribution is 2.31. The summed E-state index contributed by atoms with van der Waals surface area (Å²) in [6, 6.07) is 4.90. The molecular formula is C14H18N2O3. The van der Waals surface area contributed by atoms with Crippen LogP contribution in [0.4, 0.5) is 0 Å². The third kappa shape index (κ3) is 2.41. The Bertz CT molecular complexity index is 541. The van der Waals surface area contributed by atoms with Gasteiger partial charge in [-0.1, -0.05) is 11.6 Å². The quantitative estimate of drug-likeness (QED) is 0.835. The fourth-order valence-corrected chi connectivity index (χ4v) is 2.33. The minimum absolute atomic E-state index is 0.0386. The van der Waals surface area contributed by atoms with E-state index in [2.05, 4.69) is 0 Å². The molecule has 1 atom stereocenters. The lowest BCUT2D eigenvalue weighted by Crippen LogP contribution is -2.38. The van der Waals surface area contributed by atoms with E-state index >= 15 is 0 Å². The number of nitrogens with zero attached hydrogens (tertiary/aromatic N) is 1. The molecule has 0 saturated carbocycles. The molecular weight excluding hydrogens is 244 g/mol. The number of carbonyl (C=O) groups is 2. The number of rotatable bonds is 2. The van der Waals surface area contributed by atoms with Crippen LogP contribution >= 0.6 is 0 Å². The van der Waals surface area contributed by atoms with E-state index in [9.17, 15) is 14.7 Å². The lowest BCUT2D eigenvalue weighted by Gasteiger charge is -2.21. The van der Waals surface area contributed by atoms with Crippen LogP contribution in [-0.4, -0.2) is 34.9 Å². The van der Waals surface area contributed by atoms with Crippen molar-refractivity contribution in [3.8, 4) is 5.75 Å². The molecule has 1 aliphatic rings. The molecule has 0 radical (unpaired) electrons. The van der Waals surface area contributed by atoms with E-state index in [1.54, 1.807) is 24.0 Å². The molecule has 5 heteroatoms. The molecule has 5 nitrogen and oxygen atoms in total. The largest absolute Gasteiger partial charge is 0.507 e. The summed E-state index contributed by atoms with van der Waals surface area (Å²) in [5, 5.41) is 9.77. The van der Waals surface area contributed by atoms with Crippen molar-refractivity contribution in [2.75, 3.05) is 13.1 Å². The van der Waals surface area contributed by atoms with Crippen LogP contribution < -0.4 is 5.73 Å². The van der Waals surface area contributed by atoms with Crippen LogP contribution in [0, 0.1) is 12.3 Å². The SMILES string of the molecule is Cc1ccc(O)c(C(=O)N2CCC(C)(C(N)=O)C2)c1. The first-order valence-electron chi connectivity index (χ1n) is 6.22. The van der Waals surface area contributed by atoms with Crippen LogP contribution in [0.25, 0.3) is 0 Å². The number of hydrogen-bond acceptors (Lipinski definition) is 3. The van der Waals surface area contributed by atoms with Crippen molar-refractivity contribution in [2.45, 2.75) is 20.3 Å². The van der Waals surface area contributed by atoms with E-state index in [-0.39, 0.29) is 17.2 Å². The smallest absolute Gasteiger partial charge is 0.257 e. The molecule has 1 heterocycles. The molecule has 0 spiro atoms. The van der Waals surface area contributed by atoms with Crippen molar-refractivity contribution >= 4 is 11.8 Å². The van der Waals surface area contributed by atoms with Gasteiger partial charge in [0, 0.05) is 13.1 Å². The molecule has 1 unspecified atom stereocenters. The van der Waals surface area contributed by atoms with Gasteiger partial charge < -0.3 is 15.7 Å². The highest BCUT2D eigenvalue weighted by Gasteiger charge is 2.41. The minimum atomic E-state index is -0.672. The second kappa shape index (κ2) is 4.57. The summed E-state index contributed by atoms with van der Waals surface area (Å²) in [6.07, 6.45) is 0.556. The Kier molecular flexibility index (Phi) is 3.22. The molecule has 1 fully saturated rings. The first-order valence-corrected chi connectivity index (χ1v) is 6.22. The molecule has 19 heavy (non-hydrogen) atoms. The molecule has 102 valence electrons. The number of primary amides is 1. The highest BCUT2D eigenvalue weighted by atomic mass is 16.3. The van der Waals surface area contributed by atoms with Gasteiger partial charge in [0.15, 0.2) is 0 Å². The lowest BCUT2D eigenvalue weighted by molar-refractivity contribution is -0.126.